The van der Waals surface area contributed by atoms with E-state index in [1.165, 1.54) is 37.7 Å². The molecule has 1 unspecified atom stereocenters. The van der Waals surface area contributed by atoms with E-state index in [0.29, 0.717) is 44.6 Å². The summed E-state index contributed by atoms with van der Waals surface area (Å²) in [6.45, 7) is 5.20. The fourth-order valence-corrected chi connectivity index (χ4v) is 8.19. The Bertz CT molecular complexity index is 1120. The number of rotatable bonds is 3. The number of nitrogens with two attached hydrogens (primary N) is 1. The van der Waals surface area contributed by atoms with Crippen LogP contribution in [0.3, 0.4) is 0 Å². The lowest BCUT2D eigenvalue weighted by Gasteiger charge is -2.46. The average molecular weight is 506 g/mol. The number of piperidine rings is 1. The molecule has 6 rings (SSSR count). The quantitative estimate of drug-likeness (QED) is 0.668. The van der Waals surface area contributed by atoms with E-state index in [2.05, 4.69) is 46.6 Å². The number of hydrogen-bond acceptors (Lipinski definition) is 2. The Kier molecular flexibility index (Phi) is 7.11. The van der Waals surface area contributed by atoms with Crippen LogP contribution >= 0.6 is 0 Å². The van der Waals surface area contributed by atoms with Gasteiger partial charge >= 0.3 is 0 Å². The Morgan fingerprint density at radius 2 is 1.92 bits per heavy atom. The van der Waals surface area contributed by atoms with Gasteiger partial charge in [0.2, 0.25) is 5.91 Å². The molecule has 4 aliphatic rings. The molecular weight excluding hydrogens is 463 g/mol. The third kappa shape index (κ3) is 4.63. The van der Waals surface area contributed by atoms with Gasteiger partial charge in [0.1, 0.15) is 11.7 Å². The number of amides is 1. The molecule has 2 N–H and O–H groups in total. The van der Waals surface area contributed by atoms with Gasteiger partial charge in [-0.15, -0.1) is 0 Å². The van der Waals surface area contributed by atoms with Gasteiger partial charge in [-0.05, 0) is 73.6 Å². The van der Waals surface area contributed by atoms with Crippen LogP contribution in [-0.2, 0) is 21.4 Å². The number of halogens is 1. The maximum Gasteiger partial charge on any atom is 0.232 e. The Balaban J connectivity index is 1.33. The molecule has 0 aromatic heterocycles. The molecule has 2 aromatic carbocycles. The van der Waals surface area contributed by atoms with E-state index in [9.17, 15) is 4.79 Å². The van der Waals surface area contributed by atoms with Crippen molar-refractivity contribution < 1.29 is 19.2 Å². The molecule has 2 aromatic rings. The van der Waals surface area contributed by atoms with Crippen molar-refractivity contribution in [2.24, 2.45) is 11.8 Å². The van der Waals surface area contributed by atoms with Gasteiger partial charge < -0.3 is 15.0 Å². The molecule has 37 heavy (non-hydrogen) atoms. The minimum Gasteiger partial charge on any atom is -0.380 e. The standard InChI is InChI=1S/C32H41FN2O2/c1-22-16-26-13-15-37-21-32(30(26)28(33)17-22)20-34-19-27(32)31(36)35-14-12-25(23-8-4-2-5-9-23)18-29(35)24-10-6-3-7-11-24/h2,4-5,8-9,16-17,24-25,27,29,34H,3,6-7,10-15,18-21H2,1H3/p+1/t25-,27?,29+,32+/m1/s1. The number of ether oxygens (including phenoxy) is 1. The molecular formula is C32H42FN2O2+. The SMILES string of the molecule is Cc1cc(F)c2c(c1)CCOC[C@]21C[NH2+]CC1C(=O)N1CC[C@@H](c2ccccc2)C[C@H]1C1CCCCC1. The number of fused-ring (bicyclic) bond motifs is 2. The summed E-state index contributed by atoms with van der Waals surface area (Å²) in [5.74, 6) is 0.916. The minimum absolute atomic E-state index is 0.153. The monoisotopic (exact) mass is 505 g/mol. The highest BCUT2D eigenvalue weighted by Crippen LogP contribution is 2.44. The zero-order valence-electron chi connectivity index (χ0n) is 22.3. The first kappa shape index (κ1) is 25.1. The number of carbonyl (C=O) groups excluding carboxylic acids is 1. The molecule has 2 saturated heterocycles. The van der Waals surface area contributed by atoms with E-state index >= 15 is 4.39 Å². The van der Waals surface area contributed by atoms with Crippen molar-refractivity contribution in [2.75, 3.05) is 32.8 Å². The van der Waals surface area contributed by atoms with Crippen LogP contribution in [0.25, 0.3) is 0 Å². The Morgan fingerprint density at radius 1 is 1.11 bits per heavy atom. The fraction of sp³-hybridized carbons (Fsp3) is 0.594. The normalized spacial score (nSPS) is 30.8. The molecule has 0 bridgehead atoms. The second-order valence-corrected chi connectivity index (χ2v) is 12.1. The van der Waals surface area contributed by atoms with Crippen molar-refractivity contribution in [3.63, 3.8) is 0 Å². The summed E-state index contributed by atoms with van der Waals surface area (Å²) < 4.78 is 21.8. The van der Waals surface area contributed by atoms with E-state index in [1.54, 1.807) is 6.07 Å². The molecule has 198 valence electrons. The first-order valence-corrected chi connectivity index (χ1v) is 14.6. The number of carbonyl (C=O) groups is 1. The lowest BCUT2D eigenvalue weighted by atomic mass is 9.69. The van der Waals surface area contributed by atoms with Crippen molar-refractivity contribution in [1.82, 2.24) is 4.90 Å². The van der Waals surface area contributed by atoms with Crippen molar-refractivity contribution in [2.45, 2.75) is 75.7 Å². The van der Waals surface area contributed by atoms with Crippen LogP contribution in [0, 0.1) is 24.6 Å². The zero-order valence-corrected chi connectivity index (χ0v) is 22.3. The van der Waals surface area contributed by atoms with E-state index in [1.807, 2.05) is 6.92 Å². The highest BCUT2D eigenvalue weighted by atomic mass is 19.1. The largest absolute Gasteiger partial charge is 0.380 e. The summed E-state index contributed by atoms with van der Waals surface area (Å²) in [6.07, 6.45) is 9.05. The lowest BCUT2D eigenvalue weighted by Crippen LogP contribution is -2.82. The summed E-state index contributed by atoms with van der Waals surface area (Å²) in [4.78, 5) is 16.9. The Labute approximate surface area is 221 Å². The zero-order chi connectivity index (χ0) is 25.4. The summed E-state index contributed by atoms with van der Waals surface area (Å²) in [6, 6.07) is 14.9. The number of aryl methyl sites for hydroxylation is 1. The van der Waals surface area contributed by atoms with Crippen LogP contribution in [0.5, 0.6) is 0 Å². The van der Waals surface area contributed by atoms with Gasteiger partial charge in [-0.2, -0.15) is 0 Å². The maximum atomic E-state index is 15.7. The summed E-state index contributed by atoms with van der Waals surface area (Å²) >= 11 is 0. The second kappa shape index (κ2) is 10.5. The number of nitrogens with zero attached hydrogens (tertiary/aromatic N) is 1. The highest BCUT2D eigenvalue weighted by Gasteiger charge is 2.56. The first-order chi connectivity index (χ1) is 18.1. The van der Waals surface area contributed by atoms with Crippen molar-refractivity contribution in [3.05, 3.63) is 70.5 Å². The van der Waals surface area contributed by atoms with Gasteiger partial charge in [0.05, 0.1) is 31.7 Å². The molecule has 1 saturated carbocycles. The van der Waals surface area contributed by atoms with Gasteiger partial charge in [-0.1, -0.05) is 55.7 Å². The molecule has 0 radical (unpaired) electrons. The molecule has 1 amide bonds. The molecule has 4 nitrogen and oxygen atoms in total. The van der Waals surface area contributed by atoms with Crippen LogP contribution in [0.15, 0.2) is 42.5 Å². The van der Waals surface area contributed by atoms with Crippen LogP contribution in [-0.4, -0.2) is 49.7 Å². The summed E-state index contributed by atoms with van der Waals surface area (Å²) in [5.41, 5.74) is 3.56. The topological polar surface area (TPSA) is 46.1 Å². The van der Waals surface area contributed by atoms with Gasteiger partial charge in [-0.25, -0.2) is 4.39 Å². The van der Waals surface area contributed by atoms with Crippen LogP contribution in [0.1, 0.15) is 73.1 Å². The Hall–Kier alpha value is -2.24. The summed E-state index contributed by atoms with van der Waals surface area (Å²) in [5, 5.41) is 2.23. The lowest BCUT2D eigenvalue weighted by molar-refractivity contribution is -0.640. The molecule has 4 atom stereocenters. The summed E-state index contributed by atoms with van der Waals surface area (Å²) in [7, 11) is 0. The third-order valence-electron chi connectivity index (χ3n) is 9.96. The number of likely N-dealkylation sites (tertiary alicyclic amines) is 1. The van der Waals surface area contributed by atoms with Crippen molar-refractivity contribution in [3.8, 4) is 0 Å². The van der Waals surface area contributed by atoms with E-state index in [-0.39, 0.29) is 23.7 Å². The van der Waals surface area contributed by atoms with Gasteiger partial charge in [0, 0.05) is 18.2 Å². The van der Waals surface area contributed by atoms with Gasteiger partial charge in [0.25, 0.3) is 0 Å². The predicted molar refractivity (Wildman–Crippen MR) is 143 cm³/mol. The van der Waals surface area contributed by atoms with Crippen LogP contribution in [0.4, 0.5) is 4.39 Å². The molecule has 1 spiro atoms. The predicted octanol–water partition coefficient (Wildman–Crippen LogP) is 4.49. The van der Waals surface area contributed by atoms with Crippen LogP contribution < -0.4 is 5.32 Å². The highest BCUT2D eigenvalue weighted by molar-refractivity contribution is 5.82. The number of hydrogen-bond donors (Lipinski definition) is 1. The van der Waals surface area contributed by atoms with E-state index < -0.39 is 5.41 Å². The van der Waals surface area contributed by atoms with E-state index in [0.717, 1.165) is 36.1 Å². The molecule has 3 fully saturated rings. The smallest absolute Gasteiger partial charge is 0.232 e. The molecule has 1 aliphatic carbocycles. The number of benzene rings is 2. The molecule has 3 heterocycles. The maximum absolute atomic E-state index is 15.7. The van der Waals surface area contributed by atoms with Gasteiger partial charge in [-0.3, -0.25) is 4.79 Å². The average Bonchev–Trinajstić information content (AvgIpc) is 3.25. The fourth-order valence-electron chi connectivity index (χ4n) is 8.19. The molecule has 3 aliphatic heterocycles. The van der Waals surface area contributed by atoms with Crippen LogP contribution in [0.2, 0.25) is 0 Å². The number of quaternary nitrogens is 1. The minimum atomic E-state index is -0.589. The second-order valence-electron chi connectivity index (χ2n) is 12.1. The first-order valence-electron chi connectivity index (χ1n) is 14.6. The molecule has 5 heteroatoms. The van der Waals surface area contributed by atoms with Crippen molar-refractivity contribution >= 4 is 5.91 Å². The van der Waals surface area contributed by atoms with Gasteiger partial charge in [0.15, 0.2) is 0 Å². The van der Waals surface area contributed by atoms with Crippen molar-refractivity contribution in [1.29, 1.82) is 0 Å². The third-order valence-corrected chi connectivity index (χ3v) is 9.96. The van der Waals surface area contributed by atoms with E-state index in [4.69, 9.17) is 4.74 Å². The Morgan fingerprint density at radius 3 is 2.73 bits per heavy atom.